The molecular formula is C18H25N3O. The van der Waals surface area contributed by atoms with E-state index in [0.29, 0.717) is 11.8 Å². The molecule has 4 nitrogen and oxygen atoms in total. The van der Waals surface area contributed by atoms with Crippen LogP contribution < -0.4 is 0 Å². The van der Waals surface area contributed by atoms with Gasteiger partial charge in [-0.3, -0.25) is 9.20 Å². The molecule has 1 aliphatic rings. The zero-order valence-corrected chi connectivity index (χ0v) is 14.0. The lowest BCUT2D eigenvalue weighted by Gasteiger charge is -2.35. The highest BCUT2D eigenvalue weighted by Crippen LogP contribution is 2.24. The molecule has 0 bridgehead atoms. The molecule has 0 N–H and O–H groups in total. The lowest BCUT2D eigenvalue weighted by Crippen LogP contribution is -2.43. The van der Waals surface area contributed by atoms with Gasteiger partial charge in [0, 0.05) is 19.3 Å². The fourth-order valence-electron chi connectivity index (χ4n) is 3.65. The predicted molar refractivity (Wildman–Crippen MR) is 88.2 cm³/mol. The Morgan fingerprint density at radius 3 is 2.64 bits per heavy atom. The third-order valence-corrected chi connectivity index (χ3v) is 4.55. The van der Waals surface area contributed by atoms with E-state index >= 15 is 0 Å². The number of piperidine rings is 1. The second kappa shape index (κ2) is 5.75. The Labute approximate surface area is 132 Å². The van der Waals surface area contributed by atoms with E-state index < -0.39 is 0 Å². The lowest BCUT2D eigenvalue weighted by molar-refractivity contribution is 0.0615. The van der Waals surface area contributed by atoms with E-state index in [4.69, 9.17) is 0 Å². The van der Waals surface area contributed by atoms with Crippen LogP contribution in [0, 0.1) is 18.8 Å². The number of hydrogen-bond acceptors (Lipinski definition) is 2. The molecule has 0 aromatic carbocycles. The molecule has 1 amide bonds. The number of fused-ring (bicyclic) bond motifs is 1. The Hall–Kier alpha value is -1.84. The molecule has 0 radical (unpaired) electrons. The van der Waals surface area contributed by atoms with Crippen LogP contribution in [-0.2, 0) is 6.42 Å². The van der Waals surface area contributed by atoms with Crippen LogP contribution in [0.4, 0.5) is 0 Å². The summed E-state index contributed by atoms with van der Waals surface area (Å²) in [6.07, 6.45) is 3.96. The molecule has 0 spiro atoms. The van der Waals surface area contributed by atoms with Crippen molar-refractivity contribution in [1.29, 1.82) is 0 Å². The van der Waals surface area contributed by atoms with Gasteiger partial charge in [0.2, 0.25) is 0 Å². The first-order chi connectivity index (χ1) is 10.5. The summed E-state index contributed by atoms with van der Waals surface area (Å²) in [5.74, 6) is 1.27. The largest absolute Gasteiger partial charge is 0.337 e. The van der Waals surface area contributed by atoms with Crippen molar-refractivity contribution in [3.8, 4) is 0 Å². The number of likely N-dealkylation sites (tertiary alicyclic amines) is 1. The van der Waals surface area contributed by atoms with Crippen LogP contribution in [0.25, 0.3) is 5.65 Å². The Balaban J connectivity index is 2.03. The van der Waals surface area contributed by atoms with Crippen LogP contribution >= 0.6 is 0 Å². The molecule has 2 atom stereocenters. The molecule has 0 aliphatic carbocycles. The van der Waals surface area contributed by atoms with Gasteiger partial charge in [-0.15, -0.1) is 0 Å². The van der Waals surface area contributed by atoms with E-state index in [2.05, 4.69) is 32.7 Å². The molecule has 1 aliphatic heterocycles. The summed E-state index contributed by atoms with van der Waals surface area (Å²) in [4.78, 5) is 19.8. The number of aromatic nitrogens is 2. The van der Waals surface area contributed by atoms with E-state index in [0.717, 1.165) is 36.5 Å². The second-order valence-electron chi connectivity index (χ2n) is 6.85. The third-order valence-electron chi connectivity index (χ3n) is 4.55. The van der Waals surface area contributed by atoms with E-state index in [1.54, 1.807) is 0 Å². The molecule has 3 heterocycles. The predicted octanol–water partition coefficient (Wildman–Crippen LogP) is 3.32. The molecule has 4 heteroatoms. The van der Waals surface area contributed by atoms with Crippen molar-refractivity contribution in [3.05, 3.63) is 35.3 Å². The van der Waals surface area contributed by atoms with Crippen molar-refractivity contribution in [2.24, 2.45) is 11.8 Å². The van der Waals surface area contributed by atoms with Gasteiger partial charge in [0.05, 0.1) is 5.69 Å². The van der Waals surface area contributed by atoms with Gasteiger partial charge in [-0.1, -0.05) is 20.8 Å². The van der Waals surface area contributed by atoms with Crippen LogP contribution in [0.3, 0.4) is 0 Å². The van der Waals surface area contributed by atoms with Crippen LogP contribution in [0.5, 0.6) is 0 Å². The van der Waals surface area contributed by atoms with Gasteiger partial charge in [0.25, 0.3) is 5.91 Å². The minimum Gasteiger partial charge on any atom is -0.337 e. The van der Waals surface area contributed by atoms with Crippen molar-refractivity contribution in [2.45, 2.75) is 40.5 Å². The molecule has 2 aromatic heterocycles. The van der Waals surface area contributed by atoms with Crippen molar-refractivity contribution in [3.63, 3.8) is 0 Å². The first-order valence-electron chi connectivity index (χ1n) is 8.26. The minimum absolute atomic E-state index is 0.131. The molecule has 2 aromatic rings. The SMILES string of the molecule is CCc1nc2cc(C)ccn2c1C(=O)N1CC(C)CC(C)C1. The number of aryl methyl sites for hydroxylation is 2. The van der Waals surface area contributed by atoms with E-state index in [9.17, 15) is 4.79 Å². The molecule has 0 saturated carbocycles. The average molecular weight is 299 g/mol. The number of hydrogen-bond donors (Lipinski definition) is 0. The maximum absolute atomic E-state index is 13.1. The van der Waals surface area contributed by atoms with Crippen LogP contribution in [0.2, 0.25) is 0 Å². The van der Waals surface area contributed by atoms with E-state index in [-0.39, 0.29) is 5.91 Å². The Bertz CT molecular complexity index is 694. The summed E-state index contributed by atoms with van der Waals surface area (Å²) in [5.41, 5.74) is 3.69. The van der Waals surface area contributed by atoms with Crippen molar-refractivity contribution >= 4 is 11.6 Å². The minimum atomic E-state index is 0.131. The standard InChI is InChI=1S/C18H25N3O/c1-5-15-17(21-7-6-12(2)9-16(21)19-15)18(22)20-10-13(3)8-14(4)11-20/h6-7,9,13-14H,5,8,10-11H2,1-4H3. The maximum atomic E-state index is 13.1. The molecule has 3 rings (SSSR count). The number of rotatable bonds is 2. The highest BCUT2D eigenvalue weighted by atomic mass is 16.2. The fraction of sp³-hybridized carbons (Fsp3) is 0.556. The lowest BCUT2D eigenvalue weighted by atomic mass is 9.91. The van der Waals surface area contributed by atoms with Crippen molar-refractivity contribution in [1.82, 2.24) is 14.3 Å². The van der Waals surface area contributed by atoms with E-state index in [1.165, 1.54) is 12.0 Å². The zero-order chi connectivity index (χ0) is 15.9. The zero-order valence-electron chi connectivity index (χ0n) is 14.0. The summed E-state index contributed by atoms with van der Waals surface area (Å²) in [5, 5.41) is 0. The van der Waals surface area contributed by atoms with Crippen LogP contribution in [-0.4, -0.2) is 33.3 Å². The Morgan fingerprint density at radius 1 is 1.32 bits per heavy atom. The highest BCUT2D eigenvalue weighted by Gasteiger charge is 2.29. The molecular weight excluding hydrogens is 274 g/mol. The first-order valence-corrected chi connectivity index (χ1v) is 8.26. The number of carbonyl (C=O) groups excluding carboxylic acids is 1. The van der Waals surface area contributed by atoms with Crippen LogP contribution in [0.15, 0.2) is 18.3 Å². The van der Waals surface area contributed by atoms with Gasteiger partial charge < -0.3 is 4.90 Å². The number of carbonyl (C=O) groups is 1. The monoisotopic (exact) mass is 299 g/mol. The molecule has 1 saturated heterocycles. The fourth-order valence-corrected chi connectivity index (χ4v) is 3.65. The number of nitrogens with zero attached hydrogens (tertiary/aromatic N) is 3. The van der Waals surface area contributed by atoms with Gasteiger partial charge in [-0.05, 0) is 49.3 Å². The number of imidazole rings is 1. The second-order valence-corrected chi connectivity index (χ2v) is 6.85. The molecule has 2 unspecified atom stereocenters. The first kappa shape index (κ1) is 15.1. The van der Waals surface area contributed by atoms with Gasteiger partial charge in [-0.25, -0.2) is 4.98 Å². The maximum Gasteiger partial charge on any atom is 0.272 e. The Morgan fingerprint density at radius 2 is 2.00 bits per heavy atom. The summed E-state index contributed by atoms with van der Waals surface area (Å²) >= 11 is 0. The summed E-state index contributed by atoms with van der Waals surface area (Å²) in [7, 11) is 0. The summed E-state index contributed by atoms with van der Waals surface area (Å²) in [6, 6.07) is 4.07. The third kappa shape index (κ3) is 2.62. The number of pyridine rings is 1. The highest BCUT2D eigenvalue weighted by molar-refractivity contribution is 5.95. The summed E-state index contributed by atoms with van der Waals surface area (Å²) < 4.78 is 1.96. The molecule has 118 valence electrons. The van der Waals surface area contributed by atoms with Crippen LogP contribution in [0.1, 0.15) is 48.9 Å². The summed E-state index contributed by atoms with van der Waals surface area (Å²) in [6.45, 7) is 10.3. The van der Waals surface area contributed by atoms with Crippen molar-refractivity contribution < 1.29 is 4.79 Å². The molecule has 1 fully saturated rings. The van der Waals surface area contributed by atoms with Gasteiger partial charge >= 0.3 is 0 Å². The topological polar surface area (TPSA) is 37.6 Å². The molecule has 22 heavy (non-hydrogen) atoms. The quantitative estimate of drug-likeness (QED) is 0.853. The van der Waals surface area contributed by atoms with Gasteiger partial charge in [-0.2, -0.15) is 0 Å². The smallest absolute Gasteiger partial charge is 0.272 e. The normalized spacial score (nSPS) is 22.3. The van der Waals surface area contributed by atoms with Crippen molar-refractivity contribution in [2.75, 3.05) is 13.1 Å². The van der Waals surface area contributed by atoms with E-state index in [1.807, 2.05) is 27.6 Å². The Kier molecular flexibility index (Phi) is 3.94. The average Bonchev–Trinajstić information content (AvgIpc) is 2.82. The number of amides is 1. The van der Waals surface area contributed by atoms with Gasteiger partial charge in [0.15, 0.2) is 0 Å². The van der Waals surface area contributed by atoms with Gasteiger partial charge in [0.1, 0.15) is 11.3 Å².